The minimum absolute atomic E-state index is 0.0211. The Kier molecular flexibility index (Phi) is 4.94. The van der Waals surface area contributed by atoms with E-state index in [2.05, 4.69) is 0 Å². The molecule has 1 amide bonds. The Hall–Kier alpha value is -0.990. The topological polar surface area (TPSA) is 40.5 Å². The van der Waals surface area contributed by atoms with Gasteiger partial charge in [-0.25, -0.2) is 0 Å². The lowest BCUT2D eigenvalue weighted by Gasteiger charge is -2.38. The zero-order chi connectivity index (χ0) is 15.7. The third-order valence-corrected chi connectivity index (χ3v) is 3.43. The van der Waals surface area contributed by atoms with Crippen LogP contribution < -0.4 is 0 Å². The second kappa shape index (κ2) is 5.79. The molecule has 20 heavy (non-hydrogen) atoms. The van der Waals surface area contributed by atoms with Crippen LogP contribution in [-0.2, 0) is 4.79 Å². The number of alkyl halides is 6. The van der Waals surface area contributed by atoms with Gasteiger partial charge in [-0.1, -0.05) is 6.92 Å². The first-order valence-electron chi connectivity index (χ1n) is 6.08. The lowest BCUT2D eigenvalue weighted by molar-refractivity contribution is -0.278. The van der Waals surface area contributed by atoms with Crippen molar-refractivity contribution in [2.75, 3.05) is 13.1 Å². The summed E-state index contributed by atoms with van der Waals surface area (Å²) >= 11 is 0. The molecular formula is C11H15F6NO2. The quantitative estimate of drug-likeness (QED) is 0.796. The number of likely N-dealkylation sites (tertiary alicyclic amines) is 1. The first-order chi connectivity index (χ1) is 8.98. The standard InChI is InChI=1S/C11H15F6NO2/c1-2-6-5-18(4-3-7(6)19)9(20)8(10(12,13)14)11(15,16)17/h6-8,19H,2-5H2,1H3. The SMILES string of the molecule is CCC1CN(C(=O)C(C(F)(F)F)C(F)(F)F)CCC1O. The average Bonchev–Trinajstić information content (AvgIpc) is 2.25. The van der Waals surface area contributed by atoms with Gasteiger partial charge in [-0.3, -0.25) is 4.79 Å². The smallest absolute Gasteiger partial charge is 0.393 e. The maximum absolute atomic E-state index is 12.5. The van der Waals surface area contributed by atoms with Crippen molar-refractivity contribution in [3.8, 4) is 0 Å². The van der Waals surface area contributed by atoms with Gasteiger partial charge >= 0.3 is 12.4 Å². The van der Waals surface area contributed by atoms with E-state index in [1.54, 1.807) is 6.92 Å². The van der Waals surface area contributed by atoms with Crippen LogP contribution in [0.3, 0.4) is 0 Å². The van der Waals surface area contributed by atoms with Crippen LogP contribution in [0.15, 0.2) is 0 Å². The van der Waals surface area contributed by atoms with Gasteiger partial charge in [-0.05, 0) is 12.8 Å². The summed E-state index contributed by atoms with van der Waals surface area (Å²) in [5.41, 5.74) is 0. The molecule has 1 heterocycles. The van der Waals surface area contributed by atoms with Gasteiger partial charge in [0.05, 0.1) is 6.10 Å². The van der Waals surface area contributed by atoms with Crippen molar-refractivity contribution < 1.29 is 36.2 Å². The molecule has 1 aliphatic heterocycles. The van der Waals surface area contributed by atoms with Gasteiger partial charge in [0.1, 0.15) is 0 Å². The Morgan fingerprint density at radius 1 is 1.25 bits per heavy atom. The Morgan fingerprint density at radius 3 is 2.15 bits per heavy atom. The summed E-state index contributed by atoms with van der Waals surface area (Å²) in [5, 5.41) is 9.54. The molecule has 0 saturated carbocycles. The fraction of sp³-hybridized carbons (Fsp3) is 0.909. The van der Waals surface area contributed by atoms with Crippen molar-refractivity contribution in [2.24, 2.45) is 11.8 Å². The first-order valence-corrected chi connectivity index (χ1v) is 6.08. The monoisotopic (exact) mass is 307 g/mol. The second-order valence-electron chi connectivity index (χ2n) is 4.82. The molecule has 1 saturated heterocycles. The first kappa shape index (κ1) is 17.1. The molecule has 1 N–H and O–H groups in total. The molecule has 0 aromatic carbocycles. The van der Waals surface area contributed by atoms with Crippen LogP contribution >= 0.6 is 0 Å². The average molecular weight is 307 g/mol. The fourth-order valence-corrected chi connectivity index (χ4v) is 2.27. The van der Waals surface area contributed by atoms with Gasteiger partial charge in [-0.15, -0.1) is 0 Å². The van der Waals surface area contributed by atoms with Gasteiger partial charge in [0.25, 0.3) is 0 Å². The van der Waals surface area contributed by atoms with Crippen LogP contribution in [0, 0.1) is 11.8 Å². The summed E-state index contributed by atoms with van der Waals surface area (Å²) in [4.78, 5) is 12.1. The fourth-order valence-electron chi connectivity index (χ4n) is 2.27. The van der Waals surface area contributed by atoms with Crippen molar-refractivity contribution in [2.45, 2.75) is 38.2 Å². The summed E-state index contributed by atoms with van der Waals surface area (Å²) < 4.78 is 74.8. The number of hydrogen-bond acceptors (Lipinski definition) is 2. The third-order valence-electron chi connectivity index (χ3n) is 3.43. The molecule has 9 heteroatoms. The van der Waals surface area contributed by atoms with Gasteiger partial charge < -0.3 is 10.0 Å². The van der Waals surface area contributed by atoms with Crippen LogP contribution in [0.25, 0.3) is 0 Å². The number of rotatable bonds is 2. The number of amides is 1. The molecule has 3 nitrogen and oxygen atoms in total. The summed E-state index contributed by atoms with van der Waals surface area (Å²) in [5.74, 6) is -6.49. The van der Waals surface area contributed by atoms with E-state index in [9.17, 15) is 36.2 Å². The normalized spacial score (nSPS) is 25.1. The number of carbonyl (C=O) groups excluding carboxylic acids is 1. The molecule has 0 bridgehead atoms. The van der Waals surface area contributed by atoms with Crippen molar-refractivity contribution in [3.05, 3.63) is 0 Å². The zero-order valence-electron chi connectivity index (χ0n) is 10.6. The van der Waals surface area contributed by atoms with E-state index >= 15 is 0 Å². The molecule has 0 aromatic heterocycles. The second-order valence-corrected chi connectivity index (χ2v) is 4.82. The van der Waals surface area contributed by atoms with Crippen molar-refractivity contribution in [1.82, 2.24) is 4.90 Å². The van der Waals surface area contributed by atoms with E-state index in [4.69, 9.17) is 0 Å². The molecule has 0 radical (unpaired) electrons. The minimum Gasteiger partial charge on any atom is -0.393 e. The number of piperidine rings is 1. The number of hydrogen-bond donors (Lipinski definition) is 1. The molecule has 1 rings (SSSR count). The maximum atomic E-state index is 12.5. The molecule has 2 unspecified atom stereocenters. The van der Waals surface area contributed by atoms with E-state index in [0.717, 1.165) is 0 Å². The van der Waals surface area contributed by atoms with Crippen molar-refractivity contribution in [3.63, 3.8) is 0 Å². The molecule has 2 atom stereocenters. The van der Waals surface area contributed by atoms with Crippen molar-refractivity contribution in [1.29, 1.82) is 0 Å². The van der Waals surface area contributed by atoms with E-state index in [1.165, 1.54) is 0 Å². The predicted octanol–water partition coefficient (Wildman–Crippen LogP) is 2.35. The highest BCUT2D eigenvalue weighted by molar-refractivity contribution is 5.80. The minimum atomic E-state index is -5.67. The van der Waals surface area contributed by atoms with E-state index < -0.39 is 36.2 Å². The van der Waals surface area contributed by atoms with Crippen LogP contribution in [0.4, 0.5) is 26.3 Å². The van der Waals surface area contributed by atoms with Gasteiger partial charge in [0, 0.05) is 19.0 Å². The predicted molar refractivity (Wildman–Crippen MR) is 56.6 cm³/mol. The number of aliphatic hydroxyl groups excluding tert-OH is 1. The summed E-state index contributed by atoms with van der Waals surface area (Å²) in [6.45, 7) is 1.05. The molecule has 1 aliphatic rings. The van der Waals surface area contributed by atoms with Crippen LogP contribution in [-0.4, -0.2) is 47.5 Å². The van der Waals surface area contributed by atoms with Gasteiger partial charge in [0.2, 0.25) is 11.8 Å². The van der Waals surface area contributed by atoms with Gasteiger partial charge in [-0.2, -0.15) is 26.3 Å². The zero-order valence-corrected chi connectivity index (χ0v) is 10.6. The van der Waals surface area contributed by atoms with E-state index in [-0.39, 0.29) is 19.5 Å². The van der Waals surface area contributed by atoms with Gasteiger partial charge in [0.15, 0.2) is 0 Å². The molecule has 0 aromatic rings. The van der Waals surface area contributed by atoms with E-state index in [0.29, 0.717) is 11.3 Å². The Balaban J connectivity index is 2.91. The number of halogens is 6. The highest BCUT2D eigenvalue weighted by Crippen LogP contribution is 2.41. The molecular weight excluding hydrogens is 292 g/mol. The largest absolute Gasteiger partial charge is 0.409 e. The summed E-state index contributed by atoms with van der Waals surface area (Å²) in [6, 6.07) is 0. The lowest BCUT2D eigenvalue weighted by Crippen LogP contribution is -2.54. The summed E-state index contributed by atoms with van der Waals surface area (Å²) in [7, 11) is 0. The van der Waals surface area contributed by atoms with E-state index in [1.807, 2.05) is 0 Å². The number of carbonyl (C=O) groups is 1. The maximum Gasteiger partial charge on any atom is 0.409 e. The molecule has 118 valence electrons. The Labute approximate surface area is 111 Å². The highest BCUT2D eigenvalue weighted by Gasteiger charge is 2.62. The van der Waals surface area contributed by atoms with Crippen molar-refractivity contribution >= 4 is 5.91 Å². The number of aliphatic hydroxyl groups is 1. The highest BCUT2D eigenvalue weighted by atomic mass is 19.4. The number of nitrogens with zero attached hydrogens (tertiary/aromatic N) is 1. The third kappa shape index (κ3) is 3.77. The summed E-state index contributed by atoms with van der Waals surface area (Å²) in [6.07, 6.45) is -11.8. The lowest BCUT2D eigenvalue weighted by atomic mass is 9.91. The molecule has 0 spiro atoms. The van der Waals surface area contributed by atoms with Crippen LogP contribution in [0.5, 0.6) is 0 Å². The molecule has 1 fully saturated rings. The Bertz CT molecular complexity index is 340. The van der Waals surface area contributed by atoms with Crippen LogP contribution in [0.1, 0.15) is 19.8 Å². The Morgan fingerprint density at radius 2 is 1.75 bits per heavy atom. The van der Waals surface area contributed by atoms with Crippen LogP contribution in [0.2, 0.25) is 0 Å². The molecule has 0 aliphatic carbocycles.